The molecule has 1 fully saturated rings. The summed E-state index contributed by atoms with van der Waals surface area (Å²) in [6.45, 7) is 5.42. The lowest BCUT2D eigenvalue weighted by atomic mass is 9.99. The first kappa shape index (κ1) is 16.7. The van der Waals surface area contributed by atoms with Crippen molar-refractivity contribution in [1.29, 1.82) is 0 Å². The van der Waals surface area contributed by atoms with Crippen LogP contribution in [-0.4, -0.2) is 35.2 Å². The van der Waals surface area contributed by atoms with Crippen molar-refractivity contribution >= 4 is 22.7 Å². The predicted molar refractivity (Wildman–Crippen MR) is 94.3 cm³/mol. The highest BCUT2D eigenvalue weighted by molar-refractivity contribution is 8.00. The Morgan fingerprint density at radius 3 is 2.96 bits per heavy atom. The van der Waals surface area contributed by atoms with Gasteiger partial charge in [-0.1, -0.05) is 13.0 Å². The summed E-state index contributed by atoms with van der Waals surface area (Å²) >= 11 is 2.01. The molecule has 1 aromatic heterocycles. The third-order valence-corrected chi connectivity index (χ3v) is 5.82. The van der Waals surface area contributed by atoms with Crippen molar-refractivity contribution in [2.75, 3.05) is 25.5 Å². The Balaban J connectivity index is 1.70. The van der Waals surface area contributed by atoms with Gasteiger partial charge >= 0.3 is 0 Å². The molecule has 3 rings (SSSR count). The van der Waals surface area contributed by atoms with Crippen LogP contribution < -0.4 is 5.32 Å². The summed E-state index contributed by atoms with van der Waals surface area (Å²) in [6, 6.07) is 6.88. The molecule has 5 heteroatoms. The molecule has 0 amide bonds. The maximum atomic E-state index is 13.8. The Morgan fingerprint density at radius 2 is 2.17 bits per heavy atom. The molecule has 2 aromatic rings. The molecule has 0 unspecified atom stereocenters. The van der Waals surface area contributed by atoms with E-state index < -0.39 is 0 Å². The number of nitrogens with zero attached hydrogens (tertiary/aromatic N) is 1. The second-order valence-corrected chi connectivity index (χ2v) is 7.70. The highest BCUT2D eigenvalue weighted by atomic mass is 32.2. The van der Waals surface area contributed by atoms with Crippen molar-refractivity contribution in [1.82, 2.24) is 10.3 Å². The molecule has 2 heterocycles. The van der Waals surface area contributed by atoms with Gasteiger partial charge in [-0.2, -0.15) is 11.8 Å². The number of thioether (sulfide) groups is 1. The molecule has 3 nitrogen and oxygen atoms in total. The minimum Gasteiger partial charge on any atom is -0.381 e. The van der Waals surface area contributed by atoms with Crippen LogP contribution in [0.15, 0.2) is 30.5 Å². The minimum atomic E-state index is -0.203. The van der Waals surface area contributed by atoms with Crippen LogP contribution in [0.2, 0.25) is 0 Å². The van der Waals surface area contributed by atoms with Crippen LogP contribution in [-0.2, 0) is 11.3 Å². The quantitative estimate of drug-likeness (QED) is 0.872. The lowest BCUT2D eigenvalue weighted by Crippen LogP contribution is -2.42. The summed E-state index contributed by atoms with van der Waals surface area (Å²) in [7, 11) is 0. The zero-order chi connectivity index (χ0) is 16.1. The van der Waals surface area contributed by atoms with Crippen LogP contribution in [0.5, 0.6) is 0 Å². The normalized spacial score (nSPS) is 17.5. The molecule has 1 aromatic carbocycles. The second kappa shape index (κ2) is 7.60. The lowest BCUT2D eigenvalue weighted by molar-refractivity contribution is 0.0771. The minimum absolute atomic E-state index is 0.203. The van der Waals surface area contributed by atoms with E-state index in [0.717, 1.165) is 54.8 Å². The first-order valence-electron chi connectivity index (χ1n) is 8.18. The fourth-order valence-corrected chi connectivity index (χ4v) is 4.48. The molecule has 0 aliphatic carbocycles. The van der Waals surface area contributed by atoms with Crippen LogP contribution in [0.4, 0.5) is 4.39 Å². The van der Waals surface area contributed by atoms with E-state index in [-0.39, 0.29) is 10.6 Å². The molecule has 0 saturated carbocycles. The lowest BCUT2D eigenvalue weighted by Gasteiger charge is -2.36. The van der Waals surface area contributed by atoms with Crippen LogP contribution in [0, 0.1) is 5.82 Å². The number of hydrogen-bond donors (Lipinski definition) is 1. The van der Waals surface area contributed by atoms with Crippen molar-refractivity contribution in [3.8, 4) is 0 Å². The maximum Gasteiger partial charge on any atom is 0.124 e. The molecular weight excluding hydrogens is 311 g/mol. The van der Waals surface area contributed by atoms with Gasteiger partial charge in [0, 0.05) is 42.6 Å². The van der Waals surface area contributed by atoms with E-state index in [0.29, 0.717) is 6.54 Å². The number of rotatable bonds is 6. The van der Waals surface area contributed by atoms with Crippen LogP contribution >= 0.6 is 11.8 Å². The number of hydrogen-bond acceptors (Lipinski definition) is 4. The summed E-state index contributed by atoms with van der Waals surface area (Å²) in [5, 5.41) is 4.39. The molecule has 1 saturated heterocycles. The average Bonchev–Trinajstić information content (AvgIpc) is 2.56. The van der Waals surface area contributed by atoms with E-state index in [1.165, 1.54) is 0 Å². The van der Waals surface area contributed by atoms with Gasteiger partial charge in [0.05, 0.1) is 5.52 Å². The summed E-state index contributed by atoms with van der Waals surface area (Å²) in [5.74, 6) is 0.901. The van der Waals surface area contributed by atoms with E-state index in [4.69, 9.17) is 4.74 Å². The third-order valence-electron chi connectivity index (χ3n) is 4.37. The summed E-state index contributed by atoms with van der Waals surface area (Å²) in [6.07, 6.45) is 3.90. The Bertz CT molecular complexity index is 653. The standard InChI is InChI=1S/C18H23FN2OS/c1-2-23-18(5-8-22-9-6-18)13-20-12-15-11-16(19)10-14-4-3-7-21-17(14)15/h3-4,7,10-11,20H,2,5-6,8-9,12-13H2,1H3. The van der Waals surface area contributed by atoms with Crippen LogP contribution in [0.3, 0.4) is 0 Å². The van der Waals surface area contributed by atoms with E-state index in [1.54, 1.807) is 18.3 Å². The maximum absolute atomic E-state index is 13.8. The predicted octanol–water partition coefficient (Wildman–Crippen LogP) is 3.77. The molecule has 1 aliphatic rings. The Hall–Kier alpha value is -1.17. The smallest absolute Gasteiger partial charge is 0.124 e. The molecule has 0 radical (unpaired) electrons. The summed E-state index contributed by atoms with van der Waals surface area (Å²) in [4.78, 5) is 4.41. The molecule has 1 N–H and O–H groups in total. The van der Waals surface area contributed by atoms with Crippen molar-refractivity contribution in [3.05, 3.63) is 41.8 Å². The summed E-state index contributed by atoms with van der Waals surface area (Å²) < 4.78 is 19.5. The molecule has 1 aliphatic heterocycles. The fraction of sp³-hybridized carbons (Fsp3) is 0.500. The molecule has 0 bridgehead atoms. The third kappa shape index (κ3) is 4.03. The second-order valence-electron chi connectivity index (χ2n) is 5.97. The monoisotopic (exact) mass is 334 g/mol. The zero-order valence-corrected chi connectivity index (χ0v) is 14.3. The van der Waals surface area contributed by atoms with E-state index in [2.05, 4.69) is 17.2 Å². The van der Waals surface area contributed by atoms with Gasteiger partial charge in [-0.25, -0.2) is 4.39 Å². The van der Waals surface area contributed by atoms with Gasteiger partial charge in [0.25, 0.3) is 0 Å². The number of halogens is 1. The van der Waals surface area contributed by atoms with Gasteiger partial charge < -0.3 is 10.1 Å². The van der Waals surface area contributed by atoms with Gasteiger partial charge in [-0.05, 0) is 42.4 Å². The highest BCUT2D eigenvalue weighted by Crippen LogP contribution is 2.34. The number of fused-ring (bicyclic) bond motifs is 1. The molecule has 124 valence electrons. The van der Waals surface area contributed by atoms with E-state index >= 15 is 0 Å². The largest absolute Gasteiger partial charge is 0.381 e. The Kier molecular flexibility index (Phi) is 5.51. The molecule has 0 spiro atoms. The average molecular weight is 334 g/mol. The molecular formula is C18H23FN2OS. The Morgan fingerprint density at radius 1 is 1.35 bits per heavy atom. The van der Waals surface area contributed by atoms with Crippen LogP contribution in [0.1, 0.15) is 25.3 Å². The Labute approximate surface area is 141 Å². The SMILES string of the molecule is CCSC1(CNCc2cc(F)cc3cccnc23)CCOCC1. The van der Waals surface area contributed by atoms with Crippen LogP contribution in [0.25, 0.3) is 10.9 Å². The number of pyridine rings is 1. The first-order chi connectivity index (χ1) is 11.2. The first-order valence-corrected chi connectivity index (χ1v) is 9.17. The molecule has 0 atom stereocenters. The van der Waals surface area contributed by atoms with Gasteiger partial charge in [0.1, 0.15) is 5.82 Å². The topological polar surface area (TPSA) is 34.2 Å². The number of benzene rings is 1. The van der Waals surface area contributed by atoms with Crippen molar-refractivity contribution in [3.63, 3.8) is 0 Å². The highest BCUT2D eigenvalue weighted by Gasteiger charge is 2.32. The van der Waals surface area contributed by atoms with Gasteiger partial charge in [-0.15, -0.1) is 0 Å². The van der Waals surface area contributed by atoms with E-state index in [9.17, 15) is 4.39 Å². The van der Waals surface area contributed by atoms with Crippen molar-refractivity contribution < 1.29 is 9.13 Å². The van der Waals surface area contributed by atoms with Crippen molar-refractivity contribution in [2.45, 2.75) is 31.1 Å². The fourth-order valence-electron chi connectivity index (χ4n) is 3.21. The summed E-state index contributed by atoms with van der Waals surface area (Å²) in [5.41, 5.74) is 1.80. The van der Waals surface area contributed by atoms with E-state index in [1.807, 2.05) is 23.9 Å². The van der Waals surface area contributed by atoms with Gasteiger partial charge in [0.15, 0.2) is 0 Å². The van der Waals surface area contributed by atoms with Gasteiger partial charge in [0.2, 0.25) is 0 Å². The molecule has 23 heavy (non-hydrogen) atoms. The number of ether oxygens (including phenoxy) is 1. The van der Waals surface area contributed by atoms with Gasteiger partial charge in [-0.3, -0.25) is 4.98 Å². The van der Waals surface area contributed by atoms with Crippen molar-refractivity contribution in [2.24, 2.45) is 0 Å². The number of aromatic nitrogens is 1. The number of nitrogens with one attached hydrogen (secondary N) is 1. The zero-order valence-electron chi connectivity index (χ0n) is 13.5.